The largest absolute Gasteiger partial charge is 0.331 e. The zero-order valence-corrected chi connectivity index (χ0v) is 13.2. The minimum absolute atomic E-state index is 0.0312. The maximum atomic E-state index is 12.7. The van der Waals surface area contributed by atoms with Gasteiger partial charge in [0.05, 0.1) is 30.2 Å². The highest BCUT2D eigenvalue weighted by Gasteiger charge is 2.28. The summed E-state index contributed by atoms with van der Waals surface area (Å²) in [4.78, 5) is 25.2. The number of nitrogens with zero attached hydrogens (tertiary/aromatic N) is 5. The van der Waals surface area contributed by atoms with Gasteiger partial charge in [0.1, 0.15) is 0 Å². The smallest absolute Gasteiger partial charge is 0.255 e. The van der Waals surface area contributed by atoms with Crippen molar-refractivity contribution in [1.29, 1.82) is 0 Å². The van der Waals surface area contributed by atoms with Crippen LogP contribution in [0.4, 0.5) is 0 Å². The molecule has 116 valence electrons. The molecule has 0 unspecified atom stereocenters. The molecule has 1 amide bonds. The maximum Gasteiger partial charge on any atom is 0.255 e. The van der Waals surface area contributed by atoms with Crippen molar-refractivity contribution >= 4 is 5.91 Å². The molecule has 22 heavy (non-hydrogen) atoms. The number of amides is 1. The highest BCUT2D eigenvalue weighted by molar-refractivity contribution is 5.94. The molecule has 0 radical (unpaired) electrons. The fourth-order valence-electron chi connectivity index (χ4n) is 2.88. The van der Waals surface area contributed by atoms with Crippen molar-refractivity contribution in [2.24, 2.45) is 0 Å². The lowest BCUT2D eigenvalue weighted by molar-refractivity contribution is 0.0663. The number of aryl methyl sites for hydroxylation is 1. The molecule has 0 N–H and O–H groups in total. The van der Waals surface area contributed by atoms with Gasteiger partial charge < -0.3 is 14.4 Å². The van der Waals surface area contributed by atoms with Crippen LogP contribution in [0.5, 0.6) is 0 Å². The Hall–Kier alpha value is -2.21. The Morgan fingerprint density at radius 2 is 2.18 bits per heavy atom. The zero-order valence-electron chi connectivity index (χ0n) is 13.2. The lowest BCUT2D eigenvalue weighted by Gasteiger charge is -2.35. The predicted molar refractivity (Wildman–Crippen MR) is 83.5 cm³/mol. The second-order valence-corrected chi connectivity index (χ2v) is 6.08. The van der Waals surface area contributed by atoms with E-state index in [0.717, 1.165) is 17.9 Å². The summed E-state index contributed by atoms with van der Waals surface area (Å²) in [7, 11) is 4.09. The van der Waals surface area contributed by atoms with Gasteiger partial charge in [-0.05, 0) is 33.2 Å². The molecule has 0 saturated carbocycles. The van der Waals surface area contributed by atoms with Gasteiger partial charge in [-0.15, -0.1) is 0 Å². The molecule has 0 aromatic carbocycles. The number of carbonyl (C=O) groups excluding carboxylic acids is 1. The molecule has 3 heterocycles. The van der Waals surface area contributed by atoms with Crippen LogP contribution in [0.15, 0.2) is 30.9 Å². The van der Waals surface area contributed by atoms with Gasteiger partial charge >= 0.3 is 0 Å². The van der Waals surface area contributed by atoms with E-state index < -0.39 is 0 Å². The van der Waals surface area contributed by atoms with Crippen molar-refractivity contribution in [3.05, 3.63) is 47.8 Å². The van der Waals surface area contributed by atoms with Gasteiger partial charge in [-0.2, -0.15) is 0 Å². The Labute approximate surface area is 130 Å². The van der Waals surface area contributed by atoms with Gasteiger partial charge in [0.2, 0.25) is 0 Å². The third-order valence-corrected chi connectivity index (χ3v) is 3.95. The lowest BCUT2D eigenvalue weighted by atomic mass is 10.1. The minimum atomic E-state index is 0.0312. The summed E-state index contributed by atoms with van der Waals surface area (Å²) < 4.78 is 2.18. The number of imidazole rings is 1. The molecule has 1 aliphatic heterocycles. The molecule has 1 atom stereocenters. The molecule has 0 bridgehead atoms. The van der Waals surface area contributed by atoms with Crippen LogP contribution < -0.4 is 0 Å². The number of pyridine rings is 1. The Kier molecular flexibility index (Phi) is 3.94. The van der Waals surface area contributed by atoms with E-state index in [0.29, 0.717) is 18.7 Å². The quantitative estimate of drug-likeness (QED) is 0.858. The SMILES string of the molecule is Cc1ccc(C(=O)N2Cc3cncn3[C@H](CN(C)C)C2)cn1. The number of hydrogen-bond acceptors (Lipinski definition) is 4. The third kappa shape index (κ3) is 2.87. The first-order chi connectivity index (χ1) is 10.5. The van der Waals surface area contributed by atoms with Gasteiger partial charge in [0.25, 0.3) is 5.91 Å². The van der Waals surface area contributed by atoms with Crippen LogP contribution in [0.3, 0.4) is 0 Å². The minimum Gasteiger partial charge on any atom is -0.331 e. The highest BCUT2D eigenvalue weighted by Crippen LogP contribution is 2.22. The molecule has 0 saturated heterocycles. The van der Waals surface area contributed by atoms with E-state index in [-0.39, 0.29) is 11.9 Å². The summed E-state index contributed by atoms with van der Waals surface area (Å²) >= 11 is 0. The Balaban J connectivity index is 1.83. The normalized spacial score (nSPS) is 17.6. The van der Waals surface area contributed by atoms with Crippen molar-refractivity contribution in [3.8, 4) is 0 Å². The summed E-state index contributed by atoms with van der Waals surface area (Å²) in [6.07, 6.45) is 5.36. The van der Waals surface area contributed by atoms with Gasteiger partial charge in [0.15, 0.2) is 0 Å². The molecule has 2 aromatic rings. The van der Waals surface area contributed by atoms with E-state index >= 15 is 0 Å². The molecule has 3 rings (SSSR count). The first kappa shape index (κ1) is 14.7. The fraction of sp³-hybridized carbons (Fsp3) is 0.438. The second-order valence-electron chi connectivity index (χ2n) is 6.08. The monoisotopic (exact) mass is 299 g/mol. The van der Waals surface area contributed by atoms with Crippen molar-refractivity contribution in [2.75, 3.05) is 27.2 Å². The van der Waals surface area contributed by atoms with E-state index in [2.05, 4.69) is 19.4 Å². The molecule has 0 aliphatic carbocycles. The molecule has 0 spiro atoms. The average Bonchev–Trinajstić information content (AvgIpc) is 2.95. The highest BCUT2D eigenvalue weighted by atomic mass is 16.2. The molecule has 1 aliphatic rings. The average molecular weight is 299 g/mol. The molecular formula is C16H21N5O. The van der Waals surface area contributed by atoms with E-state index in [1.54, 1.807) is 6.20 Å². The van der Waals surface area contributed by atoms with Crippen molar-refractivity contribution in [2.45, 2.75) is 19.5 Å². The molecule has 6 heteroatoms. The first-order valence-electron chi connectivity index (χ1n) is 7.42. The summed E-state index contributed by atoms with van der Waals surface area (Å²) in [5, 5.41) is 0. The van der Waals surface area contributed by atoms with Gasteiger partial charge in [0, 0.05) is 31.2 Å². The number of aromatic nitrogens is 3. The van der Waals surface area contributed by atoms with Crippen LogP contribution in [-0.4, -0.2) is 57.4 Å². The van der Waals surface area contributed by atoms with E-state index in [1.807, 2.05) is 50.6 Å². The maximum absolute atomic E-state index is 12.7. The van der Waals surface area contributed by atoms with E-state index in [9.17, 15) is 4.79 Å². The molecular weight excluding hydrogens is 278 g/mol. The van der Waals surface area contributed by atoms with Gasteiger partial charge in [-0.3, -0.25) is 9.78 Å². The van der Waals surface area contributed by atoms with Crippen molar-refractivity contribution in [3.63, 3.8) is 0 Å². The van der Waals surface area contributed by atoms with Crippen LogP contribution >= 0.6 is 0 Å². The fourth-order valence-corrected chi connectivity index (χ4v) is 2.88. The van der Waals surface area contributed by atoms with Gasteiger partial charge in [-0.25, -0.2) is 4.98 Å². The zero-order chi connectivity index (χ0) is 15.7. The Bertz CT molecular complexity index is 661. The summed E-state index contributed by atoms with van der Waals surface area (Å²) in [5.41, 5.74) is 2.63. The van der Waals surface area contributed by atoms with Crippen LogP contribution in [-0.2, 0) is 6.54 Å². The Morgan fingerprint density at radius 3 is 2.86 bits per heavy atom. The number of fused-ring (bicyclic) bond motifs is 1. The third-order valence-electron chi connectivity index (χ3n) is 3.95. The van der Waals surface area contributed by atoms with Crippen LogP contribution in [0.25, 0.3) is 0 Å². The Morgan fingerprint density at radius 1 is 1.36 bits per heavy atom. The number of hydrogen-bond donors (Lipinski definition) is 0. The number of rotatable bonds is 3. The van der Waals surface area contributed by atoms with Crippen LogP contribution in [0.1, 0.15) is 27.8 Å². The summed E-state index contributed by atoms with van der Waals surface area (Å²) in [5.74, 6) is 0.0312. The van der Waals surface area contributed by atoms with Crippen molar-refractivity contribution in [1.82, 2.24) is 24.3 Å². The standard InChI is InChI=1S/C16H21N5O/c1-12-4-5-13(6-18-12)16(22)20-9-14-7-17-11-21(14)15(10-20)8-19(2)3/h4-7,11,15H,8-10H2,1-3H3/t15-/m1/s1. The molecule has 0 fully saturated rings. The van der Waals surface area contributed by atoms with Crippen LogP contribution in [0, 0.1) is 6.92 Å². The second kappa shape index (κ2) is 5.88. The van der Waals surface area contributed by atoms with Gasteiger partial charge in [-0.1, -0.05) is 0 Å². The van der Waals surface area contributed by atoms with Crippen molar-refractivity contribution < 1.29 is 4.79 Å². The molecule has 2 aromatic heterocycles. The number of likely N-dealkylation sites (N-methyl/N-ethyl adjacent to an activating group) is 1. The summed E-state index contributed by atoms with van der Waals surface area (Å²) in [6.45, 7) is 4.07. The van der Waals surface area contributed by atoms with E-state index in [1.165, 1.54) is 0 Å². The van der Waals surface area contributed by atoms with E-state index in [4.69, 9.17) is 0 Å². The predicted octanol–water partition coefficient (Wildman–Crippen LogP) is 1.35. The molecule has 6 nitrogen and oxygen atoms in total. The summed E-state index contributed by atoms with van der Waals surface area (Å²) in [6, 6.07) is 3.94. The first-order valence-corrected chi connectivity index (χ1v) is 7.42. The topological polar surface area (TPSA) is 54.3 Å². The van der Waals surface area contributed by atoms with Crippen LogP contribution in [0.2, 0.25) is 0 Å². The lowest BCUT2D eigenvalue weighted by Crippen LogP contribution is -2.43. The number of carbonyl (C=O) groups is 1.